The van der Waals surface area contributed by atoms with E-state index in [1.54, 1.807) is 6.92 Å². The first-order valence-corrected chi connectivity index (χ1v) is 9.88. The maximum atomic E-state index is 12.7. The molecule has 2 aromatic carbocycles. The van der Waals surface area contributed by atoms with Crippen molar-refractivity contribution in [2.45, 2.75) is 26.5 Å². The summed E-state index contributed by atoms with van der Waals surface area (Å²) in [5.41, 5.74) is 2.59. The Kier molecular flexibility index (Phi) is 7.45. The van der Waals surface area contributed by atoms with Gasteiger partial charge in [0.2, 0.25) is 0 Å². The van der Waals surface area contributed by atoms with E-state index >= 15 is 0 Å². The second-order valence-electron chi connectivity index (χ2n) is 6.75. The van der Waals surface area contributed by atoms with Crippen LogP contribution in [0.15, 0.2) is 65.9 Å². The summed E-state index contributed by atoms with van der Waals surface area (Å²) in [7, 11) is 0. The standard InChI is InChI=1S/C23H26N2O5/c1-3-28-12-13-29-22(26)20-16(2)24-23(27)25-21(20)18-10-7-11-19(14-18)30-15-17-8-5-4-6-9-17/h4-11,14,21H,3,12-13,15H2,1-2H3,(H2,24,25,27)/t21-/m0/s1. The highest BCUT2D eigenvalue weighted by Gasteiger charge is 2.32. The molecule has 1 aliphatic heterocycles. The molecule has 1 heterocycles. The monoisotopic (exact) mass is 410 g/mol. The zero-order valence-corrected chi connectivity index (χ0v) is 17.1. The zero-order valence-electron chi connectivity index (χ0n) is 17.1. The van der Waals surface area contributed by atoms with Crippen LogP contribution in [0.5, 0.6) is 5.75 Å². The molecule has 1 aliphatic rings. The lowest BCUT2D eigenvalue weighted by Gasteiger charge is -2.28. The van der Waals surface area contributed by atoms with Gasteiger partial charge in [-0.2, -0.15) is 0 Å². The van der Waals surface area contributed by atoms with Crippen molar-refractivity contribution in [2.24, 2.45) is 0 Å². The van der Waals surface area contributed by atoms with Crippen molar-refractivity contribution in [3.05, 3.63) is 77.0 Å². The molecule has 2 N–H and O–H groups in total. The van der Waals surface area contributed by atoms with E-state index in [9.17, 15) is 9.59 Å². The molecule has 1 atom stereocenters. The minimum Gasteiger partial charge on any atom is -0.489 e. The van der Waals surface area contributed by atoms with Gasteiger partial charge in [0, 0.05) is 12.3 Å². The van der Waals surface area contributed by atoms with E-state index in [0.29, 0.717) is 36.8 Å². The van der Waals surface area contributed by atoms with Gasteiger partial charge < -0.3 is 24.8 Å². The molecule has 0 unspecified atom stereocenters. The number of hydrogen-bond donors (Lipinski definition) is 2. The van der Waals surface area contributed by atoms with Crippen LogP contribution in [-0.2, 0) is 20.9 Å². The number of rotatable bonds is 9. The van der Waals surface area contributed by atoms with Gasteiger partial charge in [-0.25, -0.2) is 9.59 Å². The van der Waals surface area contributed by atoms with Gasteiger partial charge in [-0.3, -0.25) is 0 Å². The highest BCUT2D eigenvalue weighted by atomic mass is 16.6. The number of carbonyl (C=O) groups is 2. The number of nitrogens with one attached hydrogen (secondary N) is 2. The van der Waals surface area contributed by atoms with Crippen molar-refractivity contribution in [1.29, 1.82) is 0 Å². The van der Waals surface area contributed by atoms with E-state index in [-0.39, 0.29) is 12.6 Å². The lowest BCUT2D eigenvalue weighted by Crippen LogP contribution is -2.45. The van der Waals surface area contributed by atoms with Crippen LogP contribution < -0.4 is 15.4 Å². The van der Waals surface area contributed by atoms with Gasteiger partial charge in [-0.15, -0.1) is 0 Å². The van der Waals surface area contributed by atoms with Crippen LogP contribution in [0.2, 0.25) is 0 Å². The lowest BCUT2D eigenvalue weighted by molar-refractivity contribution is -0.141. The number of esters is 1. The van der Waals surface area contributed by atoms with Crippen molar-refractivity contribution < 1.29 is 23.8 Å². The summed E-state index contributed by atoms with van der Waals surface area (Å²) in [5.74, 6) is 0.145. The Labute approximate surface area is 176 Å². The Morgan fingerprint density at radius 3 is 2.63 bits per heavy atom. The molecule has 2 aromatic rings. The van der Waals surface area contributed by atoms with E-state index in [2.05, 4.69) is 10.6 Å². The topological polar surface area (TPSA) is 85.9 Å². The Morgan fingerprint density at radius 1 is 1.07 bits per heavy atom. The second kappa shape index (κ2) is 10.5. The summed E-state index contributed by atoms with van der Waals surface area (Å²) in [6.07, 6.45) is 0. The summed E-state index contributed by atoms with van der Waals surface area (Å²) >= 11 is 0. The first-order chi connectivity index (χ1) is 14.6. The molecule has 7 nitrogen and oxygen atoms in total. The van der Waals surface area contributed by atoms with Crippen LogP contribution in [0.3, 0.4) is 0 Å². The molecule has 0 saturated carbocycles. The van der Waals surface area contributed by atoms with Crippen molar-refractivity contribution in [3.8, 4) is 5.75 Å². The smallest absolute Gasteiger partial charge is 0.338 e. The van der Waals surface area contributed by atoms with E-state index in [1.165, 1.54) is 0 Å². The fraction of sp³-hybridized carbons (Fsp3) is 0.304. The lowest BCUT2D eigenvalue weighted by atomic mass is 9.95. The number of carbonyl (C=O) groups excluding carboxylic acids is 2. The normalized spacial score (nSPS) is 15.9. The zero-order chi connectivity index (χ0) is 21.3. The molecule has 0 aromatic heterocycles. The molecule has 0 bridgehead atoms. The quantitative estimate of drug-likeness (QED) is 0.488. The largest absolute Gasteiger partial charge is 0.489 e. The van der Waals surface area contributed by atoms with Crippen molar-refractivity contribution >= 4 is 12.0 Å². The van der Waals surface area contributed by atoms with Gasteiger partial charge >= 0.3 is 12.0 Å². The minimum atomic E-state index is -0.640. The Bertz CT molecular complexity index is 911. The molecule has 2 amide bonds. The van der Waals surface area contributed by atoms with Crippen molar-refractivity contribution in [3.63, 3.8) is 0 Å². The third-order valence-electron chi connectivity index (χ3n) is 4.59. The molecule has 0 aliphatic carbocycles. The van der Waals surface area contributed by atoms with E-state index in [4.69, 9.17) is 14.2 Å². The van der Waals surface area contributed by atoms with Gasteiger partial charge in [0.05, 0.1) is 18.2 Å². The summed E-state index contributed by atoms with van der Waals surface area (Å²) in [5, 5.41) is 5.44. The van der Waals surface area contributed by atoms with Crippen LogP contribution in [0.1, 0.15) is 31.0 Å². The van der Waals surface area contributed by atoms with E-state index in [1.807, 2.05) is 61.5 Å². The van der Waals surface area contributed by atoms with Gasteiger partial charge in [0.15, 0.2) is 0 Å². The molecule has 0 spiro atoms. The Balaban J connectivity index is 1.76. The average molecular weight is 410 g/mol. The molecule has 3 rings (SSSR count). The third kappa shape index (κ3) is 5.61. The summed E-state index contributed by atoms with van der Waals surface area (Å²) in [4.78, 5) is 24.8. The average Bonchev–Trinajstić information content (AvgIpc) is 2.75. The summed E-state index contributed by atoms with van der Waals surface area (Å²) < 4.78 is 16.4. The van der Waals surface area contributed by atoms with Gasteiger partial charge in [-0.05, 0) is 37.1 Å². The molecule has 0 saturated heterocycles. The molecule has 7 heteroatoms. The number of allylic oxidation sites excluding steroid dienone is 1. The first-order valence-electron chi connectivity index (χ1n) is 9.88. The fourth-order valence-electron chi connectivity index (χ4n) is 3.15. The molecular weight excluding hydrogens is 384 g/mol. The van der Waals surface area contributed by atoms with Gasteiger partial charge in [-0.1, -0.05) is 42.5 Å². The summed E-state index contributed by atoms with van der Waals surface area (Å²) in [6.45, 7) is 4.99. The van der Waals surface area contributed by atoms with Gasteiger partial charge in [0.1, 0.15) is 19.0 Å². The molecule has 30 heavy (non-hydrogen) atoms. The van der Waals surface area contributed by atoms with Crippen molar-refractivity contribution in [2.75, 3.05) is 19.8 Å². The fourth-order valence-corrected chi connectivity index (χ4v) is 3.15. The van der Waals surface area contributed by atoms with Crippen LogP contribution in [0.25, 0.3) is 0 Å². The predicted molar refractivity (Wildman–Crippen MR) is 112 cm³/mol. The van der Waals surface area contributed by atoms with E-state index in [0.717, 1.165) is 11.1 Å². The number of hydrogen-bond acceptors (Lipinski definition) is 5. The van der Waals surface area contributed by atoms with Crippen molar-refractivity contribution in [1.82, 2.24) is 10.6 Å². The highest BCUT2D eigenvalue weighted by molar-refractivity contribution is 5.95. The minimum absolute atomic E-state index is 0.143. The maximum Gasteiger partial charge on any atom is 0.338 e. The molecular formula is C23H26N2O5. The number of benzene rings is 2. The second-order valence-corrected chi connectivity index (χ2v) is 6.75. The van der Waals surface area contributed by atoms with Crippen LogP contribution in [0.4, 0.5) is 4.79 Å². The summed E-state index contributed by atoms with van der Waals surface area (Å²) in [6, 6.07) is 16.1. The predicted octanol–water partition coefficient (Wildman–Crippen LogP) is 3.47. The number of ether oxygens (including phenoxy) is 3. The number of urea groups is 1. The third-order valence-corrected chi connectivity index (χ3v) is 4.59. The van der Waals surface area contributed by atoms with Crippen LogP contribution in [0, 0.1) is 0 Å². The van der Waals surface area contributed by atoms with E-state index < -0.39 is 12.0 Å². The first kappa shape index (κ1) is 21.4. The highest BCUT2D eigenvalue weighted by Crippen LogP contribution is 2.30. The number of amides is 2. The van der Waals surface area contributed by atoms with Crippen LogP contribution in [-0.4, -0.2) is 31.8 Å². The molecule has 158 valence electrons. The SMILES string of the molecule is CCOCCOC(=O)C1=C(C)NC(=O)N[C@H]1c1cccc(OCc2ccccc2)c1. The van der Waals surface area contributed by atoms with Gasteiger partial charge in [0.25, 0.3) is 0 Å². The maximum absolute atomic E-state index is 12.7. The molecule has 0 radical (unpaired) electrons. The Morgan fingerprint density at radius 2 is 1.87 bits per heavy atom. The van der Waals surface area contributed by atoms with Crippen LogP contribution >= 0.6 is 0 Å². The molecule has 0 fully saturated rings. The Hall–Kier alpha value is -3.32.